The molecule has 2 aliphatic rings. The van der Waals surface area contributed by atoms with E-state index in [-0.39, 0.29) is 5.69 Å². The zero-order valence-electron chi connectivity index (χ0n) is 17.0. The summed E-state index contributed by atoms with van der Waals surface area (Å²) in [5, 5.41) is 2.73. The summed E-state index contributed by atoms with van der Waals surface area (Å²) in [6.07, 6.45) is 2.99. The highest BCUT2D eigenvalue weighted by Gasteiger charge is 2.34. The van der Waals surface area contributed by atoms with Gasteiger partial charge in [0.25, 0.3) is 5.91 Å². The van der Waals surface area contributed by atoms with Gasteiger partial charge in [-0.3, -0.25) is 9.78 Å². The number of nitrogens with one attached hydrogen (secondary N) is 1. The molecule has 1 amide bonds. The Kier molecular flexibility index (Phi) is 5.71. The number of piperidine rings is 1. The molecule has 2 heterocycles. The SMILES string of the molecule is Cc1cc(C(=O)Nc2cc(C(F)(F)F)ccc2N2CC[C@@H]3CCCC[C@H]3C2)ccn1. The number of amides is 1. The third kappa shape index (κ3) is 4.45. The van der Waals surface area contributed by atoms with Crippen molar-refractivity contribution in [2.45, 2.75) is 45.2 Å². The number of benzene rings is 1. The van der Waals surface area contributed by atoms with Crippen LogP contribution in [-0.4, -0.2) is 24.0 Å². The maximum Gasteiger partial charge on any atom is 0.416 e. The Labute approximate surface area is 174 Å². The van der Waals surface area contributed by atoms with Gasteiger partial charge in [0.05, 0.1) is 16.9 Å². The van der Waals surface area contributed by atoms with Crippen molar-refractivity contribution >= 4 is 17.3 Å². The van der Waals surface area contributed by atoms with E-state index in [1.807, 2.05) is 0 Å². The molecule has 2 fully saturated rings. The average molecular weight is 417 g/mol. The fourth-order valence-electron chi connectivity index (χ4n) is 4.79. The quantitative estimate of drug-likeness (QED) is 0.699. The molecule has 2 atom stereocenters. The zero-order valence-corrected chi connectivity index (χ0v) is 17.0. The summed E-state index contributed by atoms with van der Waals surface area (Å²) in [4.78, 5) is 19.0. The van der Waals surface area contributed by atoms with Gasteiger partial charge in [0.15, 0.2) is 0 Å². The van der Waals surface area contributed by atoms with Crippen molar-refractivity contribution in [2.75, 3.05) is 23.3 Å². The van der Waals surface area contributed by atoms with Crippen LogP contribution < -0.4 is 10.2 Å². The number of hydrogen-bond donors (Lipinski definition) is 1. The fraction of sp³-hybridized carbons (Fsp3) is 0.478. The van der Waals surface area contributed by atoms with E-state index >= 15 is 0 Å². The van der Waals surface area contributed by atoms with Gasteiger partial charge in [-0.2, -0.15) is 13.2 Å². The highest BCUT2D eigenvalue weighted by Crippen LogP contribution is 2.41. The third-order valence-corrected chi connectivity index (χ3v) is 6.36. The van der Waals surface area contributed by atoms with Crippen molar-refractivity contribution in [1.82, 2.24) is 4.98 Å². The topological polar surface area (TPSA) is 45.2 Å². The summed E-state index contributed by atoms with van der Waals surface area (Å²) in [6.45, 7) is 3.39. The van der Waals surface area contributed by atoms with Crippen LogP contribution in [0.3, 0.4) is 0 Å². The van der Waals surface area contributed by atoms with Gasteiger partial charge < -0.3 is 10.2 Å². The molecule has 1 N–H and O–H groups in total. The monoisotopic (exact) mass is 417 g/mol. The van der Waals surface area contributed by atoms with E-state index in [1.165, 1.54) is 37.9 Å². The van der Waals surface area contributed by atoms with Crippen LogP contribution in [0.2, 0.25) is 0 Å². The normalized spacial score (nSPS) is 21.8. The molecular weight excluding hydrogens is 391 g/mol. The first-order chi connectivity index (χ1) is 14.3. The summed E-state index contributed by atoms with van der Waals surface area (Å²) in [6, 6.07) is 6.83. The largest absolute Gasteiger partial charge is 0.416 e. The minimum absolute atomic E-state index is 0.207. The Morgan fingerprint density at radius 2 is 1.87 bits per heavy atom. The van der Waals surface area contributed by atoms with Crippen LogP contribution in [0.15, 0.2) is 36.5 Å². The number of hydrogen-bond acceptors (Lipinski definition) is 3. The van der Waals surface area contributed by atoms with Gasteiger partial charge in [0, 0.05) is 30.5 Å². The maximum absolute atomic E-state index is 13.3. The molecule has 30 heavy (non-hydrogen) atoms. The highest BCUT2D eigenvalue weighted by atomic mass is 19.4. The van der Waals surface area contributed by atoms with Crippen LogP contribution in [0.25, 0.3) is 0 Å². The van der Waals surface area contributed by atoms with Crippen molar-refractivity contribution in [1.29, 1.82) is 0 Å². The number of fused-ring (bicyclic) bond motifs is 1. The molecule has 160 valence electrons. The van der Waals surface area contributed by atoms with Crippen molar-refractivity contribution < 1.29 is 18.0 Å². The van der Waals surface area contributed by atoms with Crippen LogP contribution in [0.5, 0.6) is 0 Å². The van der Waals surface area contributed by atoms with Gasteiger partial charge in [-0.25, -0.2) is 0 Å². The van der Waals surface area contributed by atoms with E-state index in [2.05, 4.69) is 15.2 Å². The fourth-order valence-corrected chi connectivity index (χ4v) is 4.79. The van der Waals surface area contributed by atoms with E-state index in [0.717, 1.165) is 31.6 Å². The van der Waals surface area contributed by atoms with E-state index in [9.17, 15) is 18.0 Å². The Hall–Kier alpha value is -2.57. The summed E-state index contributed by atoms with van der Waals surface area (Å²) in [5.41, 5.74) is 1.15. The molecule has 0 spiro atoms. The molecule has 0 bridgehead atoms. The molecule has 1 saturated heterocycles. The molecule has 0 unspecified atom stereocenters. The van der Waals surface area contributed by atoms with Gasteiger partial charge in [0.2, 0.25) is 0 Å². The number of aryl methyl sites for hydroxylation is 1. The predicted molar refractivity (Wildman–Crippen MR) is 111 cm³/mol. The zero-order chi connectivity index (χ0) is 21.3. The van der Waals surface area contributed by atoms with Crippen molar-refractivity contribution in [3.05, 3.63) is 53.3 Å². The number of rotatable bonds is 3. The molecule has 0 radical (unpaired) electrons. The van der Waals surface area contributed by atoms with E-state index in [1.54, 1.807) is 19.1 Å². The van der Waals surface area contributed by atoms with Crippen LogP contribution in [0.1, 0.15) is 53.7 Å². The first-order valence-electron chi connectivity index (χ1n) is 10.5. The van der Waals surface area contributed by atoms with Gasteiger partial charge in [-0.05, 0) is 61.9 Å². The van der Waals surface area contributed by atoms with Gasteiger partial charge in [-0.1, -0.05) is 19.3 Å². The first-order valence-corrected chi connectivity index (χ1v) is 10.5. The molecule has 1 aliphatic carbocycles. The van der Waals surface area contributed by atoms with Gasteiger partial charge in [-0.15, -0.1) is 0 Å². The molecule has 1 aliphatic heterocycles. The molecule has 2 aromatic rings. The van der Waals surface area contributed by atoms with Gasteiger partial charge >= 0.3 is 6.18 Å². The van der Waals surface area contributed by atoms with Crippen molar-refractivity contribution in [3.63, 3.8) is 0 Å². The molecule has 7 heteroatoms. The maximum atomic E-state index is 13.3. The second-order valence-electron chi connectivity index (χ2n) is 8.41. The second-order valence-corrected chi connectivity index (χ2v) is 8.41. The lowest BCUT2D eigenvalue weighted by molar-refractivity contribution is -0.137. The molecule has 1 saturated carbocycles. The lowest BCUT2D eigenvalue weighted by Crippen LogP contribution is -2.42. The predicted octanol–water partition coefficient (Wildman–Crippen LogP) is 5.68. The van der Waals surface area contributed by atoms with Crippen LogP contribution >= 0.6 is 0 Å². The molecule has 1 aromatic heterocycles. The first kappa shape index (κ1) is 20.7. The minimum atomic E-state index is -4.47. The summed E-state index contributed by atoms with van der Waals surface area (Å²) < 4.78 is 40.0. The molecule has 4 rings (SSSR count). The lowest BCUT2D eigenvalue weighted by Gasteiger charge is -2.42. The number of carbonyl (C=O) groups excluding carboxylic acids is 1. The molecular formula is C23H26F3N3O. The Morgan fingerprint density at radius 1 is 1.10 bits per heavy atom. The summed E-state index contributed by atoms with van der Waals surface area (Å²) >= 11 is 0. The van der Waals surface area contributed by atoms with Gasteiger partial charge in [0.1, 0.15) is 0 Å². The van der Waals surface area contributed by atoms with E-state index in [0.29, 0.717) is 28.8 Å². The molecule has 4 nitrogen and oxygen atoms in total. The lowest BCUT2D eigenvalue weighted by atomic mass is 9.75. The third-order valence-electron chi connectivity index (χ3n) is 6.36. The number of pyridine rings is 1. The van der Waals surface area contributed by atoms with Crippen molar-refractivity contribution in [3.8, 4) is 0 Å². The molecule has 1 aromatic carbocycles. The van der Waals surface area contributed by atoms with Crippen LogP contribution in [0, 0.1) is 18.8 Å². The summed E-state index contributed by atoms with van der Waals surface area (Å²) in [7, 11) is 0. The number of aromatic nitrogens is 1. The summed E-state index contributed by atoms with van der Waals surface area (Å²) in [5.74, 6) is 0.845. The smallest absolute Gasteiger partial charge is 0.370 e. The Morgan fingerprint density at radius 3 is 2.60 bits per heavy atom. The van der Waals surface area contributed by atoms with E-state index < -0.39 is 17.6 Å². The second kappa shape index (κ2) is 8.28. The number of carbonyl (C=O) groups is 1. The highest BCUT2D eigenvalue weighted by molar-refractivity contribution is 6.06. The Bertz CT molecular complexity index is 928. The standard InChI is InChI=1S/C23H26F3N3O/c1-15-12-17(8-10-27-15)22(30)28-20-13-19(23(24,25)26)6-7-21(20)29-11-9-16-4-2-3-5-18(16)14-29/h6-8,10,12-13,16,18H,2-5,9,11,14H2,1H3,(H,28,30)/t16-,18-/m0/s1. The van der Waals surface area contributed by atoms with Crippen molar-refractivity contribution in [2.24, 2.45) is 11.8 Å². The Balaban J connectivity index is 1.63. The number of anilines is 2. The number of nitrogens with zero attached hydrogens (tertiary/aromatic N) is 2. The van der Waals surface area contributed by atoms with Crippen LogP contribution in [-0.2, 0) is 6.18 Å². The number of halogens is 3. The van der Waals surface area contributed by atoms with E-state index in [4.69, 9.17) is 0 Å². The average Bonchev–Trinajstić information content (AvgIpc) is 2.72. The number of alkyl halides is 3. The van der Waals surface area contributed by atoms with Crippen LogP contribution in [0.4, 0.5) is 24.5 Å². The minimum Gasteiger partial charge on any atom is -0.370 e.